The molecule has 9 heteroatoms. The van der Waals surface area contributed by atoms with E-state index in [2.05, 4.69) is 40.5 Å². The van der Waals surface area contributed by atoms with Crippen LogP contribution in [0.2, 0.25) is 0 Å². The molecule has 2 aromatic heterocycles. The van der Waals surface area contributed by atoms with Crippen LogP contribution in [0.3, 0.4) is 0 Å². The second kappa shape index (κ2) is 8.12. The number of hydrogen-bond donors (Lipinski definition) is 3. The lowest BCUT2D eigenvalue weighted by Crippen LogP contribution is -2.59. The summed E-state index contributed by atoms with van der Waals surface area (Å²) in [5, 5.41) is 16.3. The maximum absolute atomic E-state index is 13.6. The molecular weight excluding hydrogens is 432 g/mol. The lowest BCUT2D eigenvalue weighted by Gasteiger charge is -2.37. The molecule has 0 spiro atoms. The predicted molar refractivity (Wildman–Crippen MR) is 126 cm³/mol. The molecule has 9 nitrogen and oxygen atoms in total. The fraction of sp³-hybridized carbons (Fsp3) is 0.560. The van der Waals surface area contributed by atoms with Gasteiger partial charge in [-0.05, 0) is 34.8 Å². The fourth-order valence-corrected chi connectivity index (χ4v) is 5.36. The summed E-state index contributed by atoms with van der Waals surface area (Å²) < 4.78 is 0. The summed E-state index contributed by atoms with van der Waals surface area (Å²) in [5.41, 5.74) is 0.681. The number of fused-ring (bicyclic) bond motifs is 2. The Bertz CT molecular complexity index is 1190. The zero-order chi connectivity index (χ0) is 25.0. The van der Waals surface area contributed by atoms with Gasteiger partial charge in [0.15, 0.2) is 0 Å². The number of nitriles is 1. The number of piperidine rings is 1. The Hall–Kier alpha value is -3.41. The van der Waals surface area contributed by atoms with Crippen LogP contribution in [0.1, 0.15) is 53.1 Å². The van der Waals surface area contributed by atoms with Crippen LogP contribution in [0.5, 0.6) is 0 Å². The standard InChI is InChI=1S/C25H32N6O3/c1-13(32)29-20(24(2,3)4)23(34)31-12-16-18(25(16,5)6)19(31)22(33)30-17(10-26)15-9-14-7-8-27-21(14)28-11-15/h7-9,11,16-20H,12H2,1-6H3,(H,27,28)(H,29,32)(H,30,33)/t16-,17?,18-,19-,20+/m0/s1. The number of carbonyl (C=O) groups is 3. The summed E-state index contributed by atoms with van der Waals surface area (Å²) in [4.78, 5) is 47.9. The summed E-state index contributed by atoms with van der Waals surface area (Å²) in [7, 11) is 0. The number of nitrogens with zero attached hydrogens (tertiary/aromatic N) is 3. The van der Waals surface area contributed by atoms with E-state index in [9.17, 15) is 19.6 Å². The quantitative estimate of drug-likeness (QED) is 0.625. The molecule has 1 aliphatic carbocycles. The number of aromatic nitrogens is 2. The van der Waals surface area contributed by atoms with Crippen LogP contribution in [-0.4, -0.2) is 51.2 Å². The molecule has 0 bridgehead atoms. The molecule has 1 saturated heterocycles. The minimum Gasteiger partial charge on any atom is -0.346 e. The van der Waals surface area contributed by atoms with Gasteiger partial charge in [0.05, 0.1) is 6.07 Å². The van der Waals surface area contributed by atoms with Crippen LogP contribution in [0.25, 0.3) is 11.0 Å². The minimum atomic E-state index is -0.897. The van der Waals surface area contributed by atoms with Crippen LogP contribution >= 0.6 is 0 Å². The van der Waals surface area contributed by atoms with Crippen molar-refractivity contribution in [2.24, 2.45) is 22.7 Å². The molecule has 1 unspecified atom stereocenters. The van der Waals surface area contributed by atoms with E-state index in [4.69, 9.17) is 0 Å². The molecule has 1 saturated carbocycles. The summed E-state index contributed by atoms with van der Waals surface area (Å²) in [6.07, 6.45) is 3.33. The zero-order valence-electron chi connectivity index (χ0n) is 20.5. The molecular formula is C25H32N6O3. The number of H-pyrrole nitrogens is 1. The zero-order valence-corrected chi connectivity index (χ0v) is 20.5. The van der Waals surface area contributed by atoms with Crippen molar-refractivity contribution < 1.29 is 14.4 Å². The third kappa shape index (κ3) is 4.02. The van der Waals surface area contributed by atoms with E-state index in [0.29, 0.717) is 17.8 Å². The summed E-state index contributed by atoms with van der Waals surface area (Å²) in [5.74, 6) is -0.726. The second-order valence-corrected chi connectivity index (χ2v) is 11.1. The first kappa shape index (κ1) is 23.7. The largest absolute Gasteiger partial charge is 0.346 e. The number of carbonyl (C=O) groups excluding carboxylic acids is 3. The van der Waals surface area contributed by atoms with Crippen LogP contribution in [0, 0.1) is 34.0 Å². The van der Waals surface area contributed by atoms with Crippen molar-refractivity contribution in [3.63, 3.8) is 0 Å². The van der Waals surface area contributed by atoms with Gasteiger partial charge >= 0.3 is 0 Å². The molecule has 3 N–H and O–H groups in total. The van der Waals surface area contributed by atoms with Crippen molar-refractivity contribution >= 4 is 28.8 Å². The molecule has 3 heterocycles. The number of pyridine rings is 1. The lowest BCUT2D eigenvalue weighted by atomic mass is 9.85. The number of nitrogens with one attached hydrogen (secondary N) is 3. The van der Waals surface area contributed by atoms with E-state index in [1.807, 2.05) is 32.9 Å². The van der Waals surface area contributed by atoms with Gasteiger partial charge in [0.2, 0.25) is 17.7 Å². The summed E-state index contributed by atoms with van der Waals surface area (Å²) >= 11 is 0. The number of rotatable bonds is 5. The van der Waals surface area contributed by atoms with Gasteiger partial charge in [-0.15, -0.1) is 0 Å². The van der Waals surface area contributed by atoms with E-state index in [1.165, 1.54) is 6.92 Å². The van der Waals surface area contributed by atoms with Crippen molar-refractivity contribution in [1.82, 2.24) is 25.5 Å². The van der Waals surface area contributed by atoms with Crippen molar-refractivity contribution in [3.05, 3.63) is 30.1 Å². The summed E-state index contributed by atoms with van der Waals surface area (Å²) in [6, 6.07) is 3.47. The maximum Gasteiger partial charge on any atom is 0.246 e. The van der Waals surface area contributed by atoms with Gasteiger partial charge in [0, 0.05) is 36.8 Å². The average Bonchev–Trinajstić information content (AvgIpc) is 3.17. The van der Waals surface area contributed by atoms with Crippen molar-refractivity contribution in [2.75, 3.05) is 6.54 Å². The molecule has 1 aliphatic heterocycles. The highest BCUT2D eigenvalue weighted by Crippen LogP contribution is 2.65. The van der Waals surface area contributed by atoms with E-state index >= 15 is 0 Å². The first-order valence-electron chi connectivity index (χ1n) is 11.6. The SMILES string of the molecule is CC(=O)N[C@H](C(=O)N1C[C@H]2[C@@H]([C@H]1C(=O)NC(C#N)c1cnc3[nH]ccc3c1)C2(C)C)C(C)(C)C. The topological polar surface area (TPSA) is 131 Å². The number of hydrogen-bond acceptors (Lipinski definition) is 5. The smallest absolute Gasteiger partial charge is 0.246 e. The highest BCUT2D eigenvalue weighted by Gasteiger charge is 2.69. The monoisotopic (exact) mass is 464 g/mol. The molecule has 2 fully saturated rings. The highest BCUT2D eigenvalue weighted by atomic mass is 16.2. The van der Waals surface area contributed by atoms with Gasteiger partial charge in [-0.1, -0.05) is 34.6 Å². The highest BCUT2D eigenvalue weighted by molar-refractivity contribution is 5.94. The number of aromatic amines is 1. The molecule has 34 heavy (non-hydrogen) atoms. The first-order valence-corrected chi connectivity index (χ1v) is 11.6. The van der Waals surface area contributed by atoms with Crippen LogP contribution < -0.4 is 10.6 Å². The number of amides is 3. The van der Waals surface area contributed by atoms with Crippen LogP contribution in [-0.2, 0) is 14.4 Å². The van der Waals surface area contributed by atoms with Gasteiger partial charge in [-0.25, -0.2) is 4.98 Å². The Kier molecular flexibility index (Phi) is 5.67. The molecule has 4 rings (SSSR count). The van der Waals surface area contributed by atoms with Gasteiger partial charge in [0.1, 0.15) is 23.8 Å². The molecule has 3 amide bonds. The summed E-state index contributed by atoms with van der Waals surface area (Å²) in [6.45, 7) is 11.7. The van der Waals surface area contributed by atoms with Crippen LogP contribution in [0.15, 0.2) is 24.5 Å². The Labute approximate surface area is 199 Å². The fourth-order valence-electron chi connectivity index (χ4n) is 5.36. The second-order valence-electron chi connectivity index (χ2n) is 11.1. The Morgan fingerprint density at radius 2 is 2.00 bits per heavy atom. The minimum absolute atomic E-state index is 0.000909. The third-order valence-corrected chi connectivity index (χ3v) is 7.39. The molecule has 2 aliphatic rings. The van der Waals surface area contributed by atoms with Gasteiger partial charge < -0.3 is 20.5 Å². The Morgan fingerprint density at radius 1 is 1.29 bits per heavy atom. The molecule has 0 radical (unpaired) electrons. The Balaban J connectivity index is 1.60. The predicted octanol–water partition coefficient (Wildman–Crippen LogP) is 2.28. The maximum atomic E-state index is 13.6. The molecule has 5 atom stereocenters. The molecule has 180 valence electrons. The van der Waals surface area contributed by atoms with E-state index < -0.39 is 23.5 Å². The van der Waals surface area contributed by atoms with Crippen molar-refractivity contribution in [1.29, 1.82) is 5.26 Å². The molecule has 2 aromatic rings. The lowest BCUT2D eigenvalue weighted by molar-refractivity contribution is -0.145. The number of likely N-dealkylation sites (tertiary alicyclic amines) is 1. The van der Waals surface area contributed by atoms with Gasteiger partial charge in [-0.3, -0.25) is 14.4 Å². The van der Waals surface area contributed by atoms with E-state index in [1.54, 1.807) is 17.3 Å². The van der Waals surface area contributed by atoms with Gasteiger partial charge in [-0.2, -0.15) is 5.26 Å². The average molecular weight is 465 g/mol. The van der Waals surface area contributed by atoms with Crippen molar-refractivity contribution in [3.8, 4) is 6.07 Å². The van der Waals surface area contributed by atoms with Crippen molar-refractivity contribution in [2.45, 2.75) is 59.7 Å². The van der Waals surface area contributed by atoms with E-state index in [-0.39, 0.29) is 35.0 Å². The molecule has 0 aromatic carbocycles. The van der Waals surface area contributed by atoms with E-state index in [0.717, 1.165) is 5.39 Å². The Morgan fingerprint density at radius 3 is 2.62 bits per heavy atom. The normalized spacial score (nSPS) is 24.6. The van der Waals surface area contributed by atoms with Crippen LogP contribution in [0.4, 0.5) is 0 Å². The third-order valence-electron chi connectivity index (χ3n) is 7.39. The van der Waals surface area contributed by atoms with Gasteiger partial charge in [0.25, 0.3) is 0 Å². The first-order chi connectivity index (χ1) is 15.9.